The molecule has 5 heteroatoms. The van der Waals surface area contributed by atoms with Crippen molar-refractivity contribution in [2.75, 3.05) is 11.9 Å². The zero-order valence-corrected chi connectivity index (χ0v) is 12.7. The molecule has 1 rings (SSSR count). The van der Waals surface area contributed by atoms with Gasteiger partial charge >= 0.3 is 0 Å². The standard InChI is InChI=1S/C14H21N3OS/c1-9(2)17(8-13(15)18)14(19)16-12-6-5-10(3)11(4)7-12/h5-7,9H,8H2,1-4H3,(H2,15,18)(H,16,19). The molecule has 0 aliphatic rings. The summed E-state index contributed by atoms with van der Waals surface area (Å²) in [4.78, 5) is 12.8. The van der Waals surface area contributed by atoms with Crippen molar-refractivity contribution >= 4 is 28.9 Å². The van der Waals surface area contributed by atoms with Crippen molar-refractivity contribution in [3.8, 4) is 0 Å². The lowest BCUT2D eigenvalue weighted by Crippen LogP contribution is -2.44. The first kappa shape index (κ1) is 15.4. The maximum Gasteiger partial charge on any atom is 0.237 e. The van der Waals surface area contributed by atoms with Gasteiger partial charge in [-0.3, -0.25) is 4.79 Å². The zero-order valence-electron chi connectivity index (χ0n) is 11.9. The van der Waals surface area contributed by atoms with Gasteiger partial charge in [0.15, 0.2) is 5.11 Å². The second kappa shape index (κ2) is 6.52. The van der Waals surface area contributed by atoms with Crippen molar-refractivity contribution in [2.45, 2.75) is 33.7 Å². The van der Waals surface area contributed by atoms with E-state index in [9.17, 15) is 4.79 Å². The number of benzene rings is 1. The predicted octanol–water partition coefficient (Wildman–Crippen LogP) is 2.20. The topological polar surface area (TPSA) is 58.4 Å². The number of rotatable bonds is 4. The number of amides is 1. The molecule has 0 bridgehead atoms. The summed E-state index contributed by atoms with van der Waals surface area (Å²) >= 11 is 5.34. The van der Waals surface area contributed by atoms with E-state index in [-0.39, 0.29) is 12.6 Å². The Labute approximate surface area is 120 Å². The van der Waals surface area contributed by atoms with E-state index < -0.39 is 5.91 Å². The van der Waals surface area contributed by atoms with Gasteiger partial charge in [-0.1, -0.05) is 6.07 Å². The predicted molar refractivity (Wildman–Crippen MR) is 83.2 cm³/mol. The number of hydrogen-bond donors (Lipinski definition) is 2. The molecule has 0 saturated carbocycles. The largest absolute Gasteiger partial charge is 0.368 e. The summed E-state index contributed by atoms with van der Waals surface area (Å²) in [6.07, 6.45) is 0. The molecule has 1 amide bonds. The Balaban J connectivity index is 2.81. The number of nitrogens with zero attached hydrogens (tertiary/aromatic N) is 1. The van der Waals surface area contributed by atoms with Crippen molar-refractivity contribution in [3.63, 3.8) is 0 Å². The molecular weight excluding hydrogens is 258 g/mol. The van der Waals surface area contributed by atoms with Crippen LogP contribution < -0.4 is 11.1 Å². The molecule has 19 heavy (non-hydrogen) atoms. The van der Waals surface area contributed by atoms with E-state index in [1.807, 2.05) is 39.0 Å². The minimum atomic E-state index is -0.391. The molecule has 0 aromatic heterocycles. The number of nitrogens with two attached hydrogens (primary N) is 1. The van der Waals surface area contributed by atoms with Gasteiger partial charge in [0.25, 0.3) is 0 Å². The molecule has 0 saturated heterocycles. The summed E-state index contributed by atoms with van der Waals surface area (Å²) in [5.74, 6) is -0.391. The van der Waals surface area contributed by atoms with Crippen LogP contribution >= 0.6 is 12.2 Å². The molecule has 3 N–H and O–H groups in total. The van der Waals surface area contributed by atoms with E-state index in [0.29, 0.717) is 5.11 Å². The van der Waals surface area contributed by atoms with E-state index in [2.05, 4.69) is 12.2 Å². The minimum absolute atomic E-state index is 0.110. The summed E-state index contributed by atoms with van der Waals surface area (Å²) in [5, 5.41) is 3.66. The maximum atomic E-state index is 11.1. The highest BCUT2D eigenvalue weighted by molar-refractivity contribution is 7.80. The lowest BCUT2D eigenvalue weighted by molar-refractivity contribution is -0.118. The van der Waals surface area contributed by atoms with Crippen molar-refractivity contribution in [3.05, 3.63) is 29.3 Å². The molecule has 0 aliphatic heterocycles. The van der Waals surface area contributed by atoms with Gasteiger partial charge < -0.3 is 16.0 Å². The molecular formula is C14H21N3OS. The van der Waals surface area contributed by atoms with E-state index >= 15 is 0 Å². The molecule has 104 valence electrons. The van der Waals surface area contributed by atoms with Crippen molar-refractivity contribution in [1.82, 2.24) is 4.90 Å². The zero-order chi connectivity index (χ0) is 14.6. The maximum absolute atomic E-state index is 11.1. The van der Waals surface area contributed by atoms with Crippen molar-refractivity contribution in [2.24, 2.45) is 5.73 Å². The van der Waals surface area contributed by atoms with Gasteiger partial charge in [-0.25, -0.2) is 0 Å². The third-order valence-electron chi connectivity index (χ3n) is 2.97. The molecule has 0 atom stereocenters. The van der Waals surface area contributed by atoms with Gasteiger partial charge in [0.05, 0.1) is 6.54 Å². The Bertz CT molecular complexity index is 486. The molecule has 0 fully saturated rings. The van der Waals surface area contributed by atoms with E-state index in [0.717, 1.165) is 5.69 Å². The molecule has 0 heterocycles. The number of carbonyl (C=O) groups is 1. The molecule has 0 spiro atoms. The molecule has 1 aromatic rings. The fraction of sp³-hybridized carbons (Fsp3) is 0.429. The fourth-order valence-electron chi connectivity index (χ4n) is 1.67. The summed E-state index contributed by atoms with van der Waals surface area (Å²) in [6.45, 7) is 8.17. The quantitative estimate of drug-likeness (QED) is 0.830. The van der Waals surface area contributed by atoms with Crippen molar-refractivity contribution in [1.29, 1.82) is 0 Å². The Morgan fingerprint density at radius 3 is 2.47 bits per heavy atom. The van der Waals surface area contributed by atoms with Crippen LogP contribution in [0.25, 0.3) is 0 Å². The third kappa shape index (κ3) is 4.52. The van der Waals surface area contributed by atoms with Crippen LogP contribution in [0, 0.1) is 13.8 Å². The van der Waals surface area contributed by atoms with Gasteiger partial charge in [-0.2, -0.15) is 0 Å². The smallest absolute Gasteiger partial charge is 0.237 e. The Kier molecular flexibility index (Phi) is 5.30. The number of thiocarbonyl (C=S) groups is 1. The number of anilines is 1. The normalized spacial score (nSPS) is 10.4. The lowest BCUT2D eigenvalue weighted by atomic mass is 10.1. The van der Waals surface area contributed by atoms with Crippen LogP contribution in [0.3, 0.4) is 0 Å². The minimum Gasteiger partial charge on any atom is -0.368 e. The van der Waals surface area contributed by atoms with Gasteiger partial charge in [0.1, 0.15) is 0 Å². The van der Waals surface area contributed by atoms with Crippen LogP contribution in [0.2, 0.25) is 0 Å². The average Bonchev–Trinajstić information content (AvgIpc) is 2.30. The monoisotopic (exact) mass is 279 g/mol. The first-order chi connectivity index (χ1) is 8.81. The molecule has 4 nitrogen and oxygen atoms in total. The highest BCUT2D eigenvalue weighted by Gasteiger charge is 2.15. The first-order valence-electron chi connectivity index (χ1n) is 6.24. The van der Waals surface area contributed by atoms with Crippen LogP contribution in [-0.2, 0) is 4.79 Å². The number of nitrogens with one attached hydrogen (secondary N) is 1. The van der Waals surface area contributed by atoms with Crippen LogP contribution in [0.5, 0.6) is 0 Å². The fourth-order valence-corrected chi connectivity index (χ4v) is 2.06. The second-order valence-corrected chi connectivity index (χ2v) is 5.30. The van der Waals surface area contributed by atoms with E-state index in [4.69, 9.17) is 18.0 Å². The lowest BCUT2D eigenvalue weighted by Gasteiger charge is -2.28. The van der Waals surface area contributed by atoms with Gasteiger partial charge in [-0.15, -0.1) is 0 Å². The Hall–Kier alpha value is -1.62. The van der Waals surface area contributed by atoms with Crippen molar-refractivity contribution < 1.29 is 4.79 Å². The highest BCUT2D eigenvalue weighted by atomic mass is 32.1. The Morgan fingerprint density at radius 2 is 2.00 bits per heavy atom. The number of carbonyl (C=O) groups excluding carboxylic acids is 1. The first-order valence-corrected chi connectivity index (χ1v) is 6.65. The van der Waals surface area contributed by atoms with E-state index in [1.54, 1.807) is 4.90 Å². The van der Waals surface area contributed by atoms with Crippen LogP contribution in [0.4, 0.5) is 5.69 Å². The Morgan fingerprint density at radius 1 is 1.37 bits per heavy atom. The summed E-state index contributed by atoms with van der Waals surface area (Å²) < 4.78 is 0. The van der Waals surface area contributed by atoms with Crippen LogP contribution in [0.1, 0.15) is 25.0 Å². The SMILES string of the molecule is Cc1ccc(NC(=S)N(CC(N)=O)C(C)C)cc1C. The number of aryl methyl sites for hydroxylation is 2. The summed E-state index contributed by atoms with van der Waals surface area (Å²) in [5.41, 5.74) is 8.58. The van der Waals surface area contributed by atoms with Gasteiger partial charge in [-0.05, 0) is 63.2 Å². The summed E-state index contributed by atoms with van der Waals surface area (Å²) in [7, 11) is 0. The van der Waals surface area contributed by atoms with Gasteiger partial charge in [0, 0.05) is 11.7 Å². The van der Waals surface area contributed by atoms with Gasteiger partial charge in [0.2, 0.25) is 5.91 Å². The number of primary amides is 1. The summed E-state index contributed by atoms with van der Waals surface area (Å²) in [6, 6.07) is 6.15. The average molecular weight is 279 g/mol. The third-order valence-corrected chi connectivity index (χ3v) is 3.31. The molecule has 1 aromatic carbocycles. The van der Waals surface area contributed by atoms with E-state index in [1.165, 1.54) is 11.1 Å². The van der Waals surface area contributed by atoms with Crippen LogP contribution in [0.15, 0.2) is 18.2 Å². The number of hydrogen-bond acceptors (Lipinski definition) is 2. The second-order valence-electron chi connectivity index (χ2n) is 4.92. The van der Waals surface area contributed by atoms with Crippen LogP contribution in [-0.4, -0.2) is 28.5 Å². The molecule has 0 unspecified atom stereocenters. The molecule has 0 radical (unpaired) electrons. The molecule has 0 aliphatic carbocycles. The highest BCUT2D eigenvalue weighted by Crippen LogP contribution is 2.15.